The number of ether oxygens (including phenoxy) is 1. The first kappa shape index (κ1) is 17.5. The predicted octanol–water partition coefficient (Wildman–Crippen LogP) is 4.78. The maximum Gasteiger partial charge on any atom is 0.405 e. The number of amides is 1. The van der Waals surface area contributed by atoms with Crippen molar-refractivity contribution in [3.63, 3.8) is 0 Å². The van der Waals surface area contributed by atoms with Gasteiger partial charge in [-0.1, -0.05) is 54.6 Å². The smallest absolute Gasteiger partial charge is 0.405 e. The van der Waals surface area contributed by atoms with Gasteiger partial charge in [0.15, 0.2) is 0 Å². The standard InChI is InChI=1S/C15H11N.C5H11NO2/c1-2-6-12(7-3-1)15-11-10-13-8-4-5-9-14(13)16-15;1-5(2,3)8-4(6)7/h1-11H;1-3H3,(H2,6,7). The molecular weight excluding hydrogens is 300 g/mol. The average Bonchev–Trinajstić information content (AvgIpc) is 2.53. The Morgan fingerprint density at radius 3 is 2.12 bits per heavy atom. The molecule has 0 aliphatic heterocycles. The van der Waals surface area contributed by atoms with E-state index in [0.29, 0.717) is 0 Å². The van der Waals surface area contributed by atoms with Gasteiger partial charge in [0.05, 0.1) is 11.2 Å². The van der Waals surface area contributed by atoms with Crippen molar-refractivity contribution in [1.29, 1.82) is 0 Å². The van der Waals surface area contributed by atoms with Crippen molar-refractivity contribution in [3.05, 3.63) is 66.7 Å². The van der Waals surface area contributed by atoms with Gasteiger partial charge in [0, 0.05) is 10.9 Å². The molecule has 0 aliphatic carbocycles. The second-order valence-electron chi connectivity index (χ2n) is 6.29. The van der Waals surface area contributed by atoms with Crippen molar-refractivity contribution < 1.29 is 9.53 Å². The number of primary amides is 1. The van der Waals surface area contributed by atoms with Crippen LogP contribution in [0.3, 0.4) is 0 Å². The maximum absolute atomic E-state index is 10.0. The molecule has 0 radical (unpaired) electrons. The van der Waals surface area contributed by atoms with E-state index in [0.717, 1.165) is 16.8 Å². The summed E-state index contributed by atoms with van der Waals surface area (Å²) in [6.45, 7) is 5.28. The zero-order valence-electron chi connectivity index (χ0n) is 14.2. The fraction of sp³-hybridized carbons (Fsp3) is 0.200. The molecule has 2 aromatic carbocycles. The van der Waals surface area contributed by atoms with Crippen LogP contribution in [0.2, 0.25) is 0 Å². The average molecular weight is 322 g/mol. The molecule has 3 aromatic rings. The molecule has 1 aromatic heterocycles. The van der Waals surface area contributed by atoms with E-state index in [-0.39, 0.29) is 0 Å². The minimum atomic E-state index is -0.725. The van der Waals surface area contributed by atoms with E-state index in [1.54, 1.807) is 20.8 Å². The van der Waals surface area contributed by atoms with E-state index < -0.39 is 11.7 Å². The number of aromatic nitrogens is 1. The van der Waals surface area contributed by atoms with Gasteiger partial charge in [0.1, 0.15) is 5.60 Å². The Hall–Kier alpha value is -2.88. The molecule has 4 nitrogen and oxygen atoms in total. The summed E-state index contributed by atoms with van der Waals surface area (Å²) in [5, 5.41) is 1.18. The molecule has 4 heteroatoms. The van der Waals surface area contributed by atoms with Crippen LogP contribution in [0, 0.1) is 0 Å². The number of fused-ring (bicyclic) bond motifs is 1. The van der Waals surface area contributed by atoms with Crippen molar-refractivity contribution in [1.82, 2.24) is 4.98 Å². The van der Waals surface area contributed by atoms with E-state index in [1.807, 2.05) is 36.4 Å². The fourth-order valence-electron chi connectivity index (χ4n) is 2.14. The summed E-state index contributed by atoms with van der Waals surface area (Å²) in [5.41, 5.74) is 7.50. The van der Waals surface area contributed by atoms with Gasteiger partial charge in [-0.25, -0.2) is 9.78 Å². The van der Waals surface area contributed by atoms with Crippen LogP contribution < -0.4 is 5.73 Å². The molecule has 1 heterocycles. The van der Waals surface area contributed by atoms with Crippen molar-refractivity contribution in [2.75, 3.05) is 0 Å². The third-order valence-electron chi connectivity index (χ3n) is 3.07. The summed E-state index contributed by atoms with van der Waals surface area (Å²) >= 11 is 0. The van der Waals surface area contributed by atoms with Crippen LogP contribution in [-0.4, -0.2) is 16.7 Å². The molecule has 124 valence electrons. The van der Waals surface area contributed by atoms with Crippen molar-refractivity contribution >= 4 is 17.0 Å². The second-order valence-corrected chi connectivity index (χ2v) is 6.29. The largest absolute Gasteiger partial charge is 0.444 e. The lowest BCUT2D eigenvalue weighted by molar-refractivity contribution is 0.0600. The van der Waals surface area contributed by atoms with Gasteiger partial charge < -0.3 is 10.5 Å². The van der Waals surface area contributed by atoms with Crippen LogP contribution in [0.1, 0.15) is 20.8 Å². The Morgan fingerprint density at radius 1 is 0.917 bits per heavy atom. The molecule has 0 saturated carbocycles. The lowest BCUT2D eigenvalue weighted by atomic mass is 10.1. The maximum atomic E-state index is 10.0. The van der Waals surface area contributed by atoms with Crippen molar-refractivity contribution in [3.8, 4) is 11.3 Å². The fourth-order valence-corrected chi connectivity index (χ4v) is 2.14. The number of benzene rings is 2. The van der Waals surface area contributed by atoms with Gasteiger partial charge >= 0.3 is 6.09 Å². The van der Waals surface area contributed by atoms with Crippen molar-refractivity contribution in [2.45, 2.75) is 26.4 Å². The molecule has 0 bridgehead atoms. The molecule has 0 aliphatic rings. The monoisotopic (exact) mass is 322 g/mol. The van der Waals surface area contributed by atoms with Gasteiger partial charge in [-0.05, 0) is 32.9 Å². The summed E-state index contributed by atoms with van der Waals surface area (Å²) in [7, 11) is 0. The molecule has 1 amide bonds. The third kappa shape index (κ3) is 5.39. The van der Waals surface area contributed by atoms with Gasteiger partial charge in [-0.15, -0.1) is 0 Å². The van der Waals surface area contributed by atoms with E-state index >= 15 is 0 Å². The number of nitrogens with two attached hydrogens (primary N) is 1. The summed E-state index contributed by atoms with van der Waals surface area (Å²) in [6, 6.07) is 22.6. The highest BCUT2D eigenvalue weighted by Crippen LogP contribution is 2.20. The molecule has 2 N–H and O–H groups in total. The summed E-state index contributed by atoms with van der Waals surface area (Å²) in [4.78, 5) is 14.7. The number of pyridine rings is 1. The zero-order chi connectivity index (χ0) is 17.6. The van der Waals surface area contributed by atoms with Crippen LogP contribution in [-0.2, 0) is 4.74 Å². The number of para-hydroxylation sites is 1. The first-order chi connectivity index (χ1) is 11.3. The predicted molar refractivity (Wildman–Crippen MR) is 97.6 cm³/mol. The van der Waals surface area contributed by atoms with Crippen LogP contribution >= 0.6 is 0 Å². The quantitative estimate of drug-likeness (QED) is 0.701. The highest BCUT2D eigenvalue weighted by Gasteiger charge is 2.12. The summed E-state index contributed by atoms with van der Waals surface area (Å²) < 4.78 is 4.58. The number of carbonyl (C=O) groups excluding carboxylic acids is 1. The Bertz CT molecular complexity index is 808. The first-order valence-electron chi connectivity index (χ1n) is 7.75. The van der Waals surface area contributed by atoms with Crippen molar-refractivity contribution in [2.24, 2.45) is 5.73 Å². The highest BCUT2D eigenvalue weighted by atomic mass is 16.6. The number of carbonyl (C=O) groups is 1. The number of hydrogen-bond donors (Lipinski definition) is 1. The molecule has 0 spiro atoms. The lowest BCUT2D eigenvalue weighted by Gasteiger charge is -2.16. The van der Waals surface area contributed by atoms with Crippen LogP contribution in [0.25, 0.3) is 22.2 Å². The second kappa shape index (κ2) is 7.59. The number of nitrogens with zero attached hydrogens (tertiary/aromatic N) is 1. The molecule has 0 unspecified atom stereocenters. The van der Waals surface area contributed by atoms with E-state index in [1.165, 1.54) is 5.39 Å². The molecule has 24 heavy (non-hydrogen) atoms. The van der Waals surface area contributed by atoms with E-state index in [9.17, 15) is 4.79 Å². The molecule has 0 atom stereocenters. The van der Waals surface area contributed by atoms with E-state index in [2.05, 4.69) is 40.1 Å². The topological polar surface area (TPSA) is 65.2 Å². The first-order valence-corrected chi connectivity index (χ1v) is 7.75. The Kier molecular flexibility index (Phi) is 5.53. The van der Waals surface area contributed by atoms with Gasteiger partial charge in [-0.3, -0.25) is 0 Å². The third-order valence-corrected chi connectivity index (χ3v) is 3.07. The van der Waals surface area contributed by atoms with Gasteiger partial charge in [0.25, 0.3) is 0 Å². The molecule has 3 rings (SSSR count). The number of hydrogen-bond acceptors (Lipinski definition) is 3. The van der Waals surface area contributed by atoms with Gasteiger partial charge in [0.2, 0.25) is 0 Å². The van der Waals surface area contributed by atoms with Crippen LogP contribution in [0.4, 0.5) is 4.79 Å². The minimum absolute atomic E-state index is 0.453. The Balaban J connectivity index is 0.000000224. The zero-order valence-corrected chi connectivity index (χ0v) is 14.2. The van der Waals surface area contributed by atoms with E-state index in [4.69, 9.17) is 5.73 Å². The Labute approximate surface area is 142 Å². The molecule has 0 fully saturated rings. The molecular formula is C20H22N2O2. The summed E-state index contributed by atoms with van der Waals surface area (Å²) in [5.74, 6) is 0. The van der Waals surface area contributed by atoms with Gasteiger partial charge in [-0.2, -0.15) is 0 Å². The summed E-state index contributed by atoms with van der Waals surface area (Å²) in [6.07, 6.45) is -0.725. The highest BCUT2D eigenvalue weighted by molar-refractivity contribution is 5.81. The normalized spacial score (nSPS) is 10.6. The Morgan fingerprint density at radius 2 is 1.54 bits per heavy atom. The van der Waals surface area contributed by atoms with Crippen LogP contribution in [0.15, 0.2) is 66.7 Å². The number of rotatable bonds is 1. The minimum Gasteiger partial charge on any atom is -0.444 e. The molecule has 0 saturated heterocycles. The lowest BCUT2D eigenvalue weighted by Crippen LogP contribution is -2.27. The SMILES string of the molecule is CC(C)(C)OC(N)=O.c1ccc(-c2ccc3ccccc3n2)cc1. The van der Waals surface area contributed by atoms with Crippen LogP contribution in [0.5, 0.6) is 0 Å².